The maximum atomic E-state index is 14.2. The van der Waals surface area contributed by atoms with Crippen LogP contribution in [0.1, 0.15) is 10.4 Å². The van der Waals surface area contributed by atoms with Crippen LogP contribution < -0.4 is 10.6 Å². The number of amides is 1. The van der Waals surface area contributed by atoms with Crippen molar-refractivity contribution in [1.29, 1.82) is 0 Å². The van der Waals surface area contributed by atoms with E-state index in [-0.39, 0.29) is 0 Å². The van der Waals surface area contributed by atoms with Crippen LogP contribution in [0, 0.1) is 11.6 Å². The van der Waals surface area contributed by atoms with Crippen molar-refractivity contribution >= 4 is 28.7 Å². The van der Waals surface area contributed by atoms with Crippen molar-refractivity contribution in [2.24, 2.45) is 0 Å². The smallest absolute Gasteiger partial charge is 0.258 e. The Balaban J connectivity index is 1.24. The van der Waals surface area contributed by atoms with Gasteiger partial charge in [0.05, 0.1) is 28.5 Å². The first-order chi connectivity index (χ1) is 21.5. The van der Waals surface area contributed by atoms with Crippen molar-refractivity contribution in [2.45, 2.75) is 0 Å². The molecule has 0 aliphatic rings. The normalized spacial score (nSPS) is 11.0. The molecule has 0 aliphatic heterocycles. The third-order valence-corrected chi connectivity index (χ3v) is 6.85. The molecular weight excluding hydrogens is 564 g/mol. The molecule has 4 aromatic heterocycles. The van der Waals surface area contributed by atoms with Gasteiger partial charge in [-0.15, -0.1) is 0 Å². The van der Waals surface area contributed by atoms with Gasteiger partial charge in [-0.2, -0.15) is 5.10 Å². The zero-order chi connectivity index (χ0) is 30.0. The lowest BCUT2D eigenvalue weighted by atomic mass is 10.0. The van der Waals surface area contributed by atoms with Gasteiger partial charge in [0.25, 0.3) is 5.91 Å². The molecule has 0 bridgehead atoms. The number of carbonyl (C=O) groups excluding carboxylic acids is 1. The summed E-state index contributed by atoms with van der Waals surface area (Å²) in [5.74, 6) is -1.29. The summed E-state index contributed by atoms with van der Waals surface area (Å²) in [5, 5.41) is 10.7. The fourth-order valence-corrected chi connectivity index (χ4v) is 4.86. The van der Waals surface area contributed by atoms with E-state index < -0.39 is 23.1 Å². The van der Waals surface area contributed by atoms with Crippen LogP contribution in [0.2, 0.25) is 0 Å². The molecule has 0 aliphatic carbocycles. The Kier molecular flexibility index (Phi) is 6.79. The lowest BCUT2D eigenvalue weighted by Crippen LogP contribution is -2.14. The molecular formula is C33H21F2N7O2. The monoisotopic (exact) mass is 585 g/mol. The molecule has 214 valence electrons. The highest BCUT2D eigenvalue weighted by molar-refractivity contribution is 6.05. The molecule has 7 aromatic rings. The Morgan fingerprint density at radius 3 is 2.57 bits per heavy atom. The minimum absolute atomic E-state index is 0.372. The van der Waals surface area contributed by atoms with E-state index in [1.54, 1.807) is 41.2 Å². The average Bonchev–Trinajstić information content (AvgIpc) is 3.72. The second-order valence-electron chi connectivity index (χ2n) is 9.75. The van der Waals surface area contributed by atoms with Crippen LogP contribution in [0.4, 0.5) is 26.1 Å². The van der Waals surface area contributed by atoms with Crippen molar-refractivity contribution < 1.29 is 18.0 Å². The summed E-state index contributed by atoms with van der Waals surface area (Å²) in [6, 6.07) is 24.8. The third kappa shape index (κ3) is 5.25. The number of nitrogens with one attached hydrogen (secondary N) is 2. The number of halogens is 2. The second kappa shape index (κ2) is 11.2. The largest absolute Gasteiger partial charge is 0.444 e. The van der Waals surface area contributed by atoms with Crippen LogP contribution in [0.5, 0.6) is 0 Å². The maximum Gasteiger partial charge on any atom is 0.258 e. The Hall–Kier alpha value is -6.23. The number of carbonyl (C=O) groups is 1. The van der Waals surface area contributed by atoms with Gasteiger partial charge in [-0.1, -0.05) is 30.3 Å². The number of oxazole rings is 1. The first-order valence-corrected chi connectivity index (χ1v) is 13.5. The molecule has 4 heterocycles. The number of benzene rings is 3. The topological polar surface area (TPSA) is 110 Å². The van der Waals surface area contributed by atoms with Crippen LogP contribution in [-0.4, -0.2) is 30.5 Å². The molecule has 1 amide bonds. The lowest BCUT2D eigenvalue weighted by Gasteiger charge is -2.10. The van der Waals surface area contributed by atoms with E-state index >= 15 is 0 Å². The molecule has 0 atom stereocenters. The summed E-state index contributed by atoms with van der Waals surface area (Å²) in [6.07, 6.45) is 6.51. The highest BCUT2D eigenvalue weighted by atomic mass is 19.1. The fourth-order valence-electron chi connectivity index (χ4n) is 4.86. The van der Waals surface area contributed by atoms with Gasteiger partial charge in [0.15, 0.2) is 12.2 Å². The molecule has 11 heteroatoms. The minimum atomic E-state index is -0.819. The number of fused-ring (bicyclic) bond motifs is 1. The van der Waals surface area contributed by atoms with Crippen LogP contribution >= 0.6 is 0 Å². The summed E-state index contributed by atoms with van der Waals surface area (Å²) in [4.78, 5) is 26.0. The van der Waals surface area contributed by atoms with Crippen LogP contribution in [0.3, 0.4) is 0 Å². The van der Waals surface area contributed by atoms with Gasteiger partial charge in [-0.25, -0.2) is 28.2 Å². The number of rotatable bonds is 7. The Morgan fingerprint density at radius 1 is 0.864 bits per heavy atom. The number of anilines is 3. The summed E-state index contributed by atoms with van der Waals surface area (Å²) in [6.45, 7) is 0. The molecule has 9 nitrogen and oxygen atoms in total. The molecule has 2 N–H and O–H groups in total. The lowest BCUT2D eigenvalue weighted by molar-refractivity contribution is 0.102. The van der Waals surface area contributed by atoms with E-state index in [0.717, 1.165) is 40.5 Å². The number of aromatic nitrogens is 5. The van der Waals surface area contributed by atoms with E-state index in [0.29, 0.717) is 34.3 Å². The van der Waals surface area contributed by atoms with Gasteiger partial charge in [0.2, 0.25) is 5.95 Å². The predicted octanol–water partition coefficient (Wildman–Crippen LogP) is 7.39. The Labute approximate surface area is 248 Å². The van der Waals surface area contributed by atoms with Gasteiger partial charge >= 0.3 is 0 Å². The minimum Gasteiger partial charge on any atom is -0.444 e. The highest BCUT2D eigenvalue weighted by Gasteiger charge is 2.19. The quantitative estimate of drug-likeness (QED) is 0.201. The molecule has 3 aromatic carbocycles. The molecule has 7 rings (SSSR count). The van der Waals surface area contributed by atoms with Gasteiger partial charge in [-0.05, 0) is 60.7 Å². The van der Waals surface area contributed by atoms with Crippen molar-refractivity contribution in [1.82, 2.24) is 24.6 Å². The summed E-state index contributed by atoms with van der Waals surface area (Å²) in [5.41, 5.74) is 5.03. The van der Waals surface area contributed by atoms with E-state index in [1.807, 2.05) is 54.7 Å². The first-order valence-electron chi connectivity index (χ1n) is 13.5. The van der Waals surface area contributed by atoms with E-state index in [9.17, 15) is 13.6 Å². The summed E-state index contributed by atoms with van der Waals surface area (Å²) in [7, 11) is 0. The van der Waals surface area contributed by atoms with E-state index in [1.165, 1.54) is 6.39 Å². The molecule has 0 spiro atoms. The van der Waals surface area contributed by atoms with Gasteiger partial charge < -0.3 is 15.1 Å². The molecule has 0 fully saturated rings. The van der Waals surface area contributed by atoms with Crippen LogP contribution in [0.25, 0.3) is 39.4 Å². The predicted molar refractivity (Wildman–Crippen MR) is 161 cm³/mol. The zero-order valence-electron chi connectivity index (χ0n) is 22.8. The standard InChI is InChI=1S/C33H21F2N7O2/c34-22-10-11-26(35)25(17-22)32(43)38-23-7-4-6-21(16-23)31-30(28-9-1-2-14-42(28)41-31)27-12-13-37-33(40-27)39-24-8-3-5-20(15-24)29-18-36-19-44-29/h1-19H,(H,38,43)(H,37,39,40). The zero-order valence-corrected chi connectivity index (χ0v) is 22.8. The van der Waals surface area contributed by atoms with Crippen molar-refractivity contribution in [3.63, 3.8) is 0 Å². The SMILES string of the molecule is O=C(Nc1cccc(-c2nn3ccccc3c2-c2ccnc(Nc3cccc(-c4cnco4)c3)n2)c1)c1cc(F)ccc1F. The van der Waals surface area contributed by atoms with Gasteiger partial charge in [0.1, 0.15) is 17.3 Å². The maximum absolute atomic E-state index is 14.2. The first kappa shape index (κ1) is 26.7. The van der Waals surface area contributed by atoms with Crippen molar-refractivity contribution in [3.05, 3.63) is 133 Å². The molecule has 0 saturated heterocycles. The average molecular weight is 586 g/mol. The molecule has 0 unspecified atom stereocenters. The Morgan fingerprint density at radius 2 is 1.70 bits per heavy atom. The highest BCUT2D eigenvalue weighted by Crippen LogP contribution is 2.35. The summed E-state index contributed by atoms with van der Waals surface area (Å²) < 4.78 is 35.1. The number of hydrogen-bond acceptors (Lipinski definition) is 7. The van der Waals surface area contributed by atoms with Crippen molar-refractivity contribution in [2.75, 3.05) is 10.6 Å². The third-order valence-electron chi connectivity index (χ3n) is 6.85. The number of pyridine rings is 1. The van der Waals surface area contributed by atoms with Crippen molar-refractivity contribution in [3.8, 4) is 33.8 Å². The van der Waals surface area contributed by atoms with E-state index in [2.05, 4.69) is 20.6 Å². The van der Waals surface area contributed by atoms with Crippen LogP contribution in [0.15, 0.2) is 120 Å². The molecule has 44 heavy (non-hydrogen) atoms. The van der Waals surface area contributed by atoms with Gasteiger partial charge in [-0.3, -0.25) is 4.79 Å². The molecule has 0 saturated carbocycles. The molecule has 0 radical (unpaired) electrons. The summed E-state index contributed by atoms with van der Waals surface area (Å²) >= 11 is 0. The van der Waals surface area contributed by atoms with E-state index in [4.69, 9.17) is 14.5 Å². The Bertz CT molecular complexity index is 2140. The van der Waals surface area contributed by atoms with Gasteiger partial charge in [0, 0.05) is 34.9 Å². The fraction of sp³-hybridized carbons (Fsp3) is 0. The number of hydrogen-bond donors (Lipinski definition) is 2. The second-order valence-corrected chi connectivity index (χ2v) is 9.75. The number of nitrogens with zero attached hydrogens (tertiary/aromatic N) is 5. The van der Waals surface area contributed by atoms with Crippen LogP contribution in [-0.2, 0) is 0 Å².